The minimum Gasteiger partial charge on any atom is -0.356 e. The summed E-state index contributed by atoms with van der Waals surface area (Å²) in [6.45, 7) is 7.26. The lowest BCUT2D eigenvalue weighted by Crippen LogP contribution is -2.49. The number of benzene rings is 1. The third-order valence-corrected chi connectivity index (χ3v) is 5.64. The quantitative estimate of drug-likeness (QED) is 0.865. The van der Waals surface area contributed by atoms with E-state index in [2.05, 4.69) is 11.8 Å². The summed E-state index contributed by atoms with van der Waals surface area (Å²) in [4.78, 5) is 19.9. The summed E-state index contributed by atoms with van der Waals surface area (Å²) in [5.74, 6) is 1.31. The predicted octanol–water partition coefficient (Wildman–Crippen LogP) is 3.47. The summed E-state index contributed by atoms with van der Waals surface area (Å²) >= 11 is 12.4. The van der Waals surface area contributed by atoms with E-state index in [9.17, 15) is 4.79 Å². The van der Waals surface area contributed by atoms with Gasteiger partial charge >= 0.3 is 0 Å². The average molecular weight is 381 g/mol. The molecule has 0 bridgehead atoms. The Balaban J connectivity index is 2.07. The van der Waals surface area contributed by atoms with Gasteiger partial charge in [-0.2, -0.15) is 0 Å². The van der Waals surface area contributed by atoms with Gasteiger partial charge in [-0.05, 0) is 45.7 Å². The second kappa shape index (κ2) is 6.63. The number of hydrogen-bond donors (Lipinski definition) is 1. The molecule has 7 heteroatoms. The lowest BCUT2D eigenvalue weighted by atomic mass is 9.91. The maximum absolute atomic E-state index is 13.0. The number of halogens is 2. The van der Waals surface area contributed by atoms with Crippen molar-refractivity contribution < 1.29 is 0 Å². The van der Waals surface area contributed by atoms with Crippen molar-refractivity contribution in [2.24, 2.45) is 5.73 Å². The second-order valence-corrected chi connectivity index (χ2v) is 7.75. The van der Waals surface area contributed by atoms with Gasteiger partial charge in [0.15, 0.2) is 0 Å². The van der Waals surface area contributed by atoms with Gasteiger partial charge in [-0.15, -0.1) is 0 Å². The molecule has 0 saturated carbocycles. The third-order valence-electron chi connectivity index (χ3n) is 4.83. The van der Waals surface area contributed by atoms with Crippen LogP contribution in [0.25, 0.3) is 5.69 Å². The van der Waals surface area contributed by atoms with Gasteiger partial charge in [0.1, 0.15) is 11.6 Å². The Labute approximate surface area is 157 Å². The molecule has 3 rings (SSSR count). The van der Waals surface area contributed by atoms with Gasteiger partial charge in [0.2, 0.25) is 0 Å². The summed E-state index contributed by atoms with van der Waals surface area (Å²) in [5, 5.41) is 0.755. The zero-order chi connectivity index (χ0) is 18.4. The van der Waals surface area contributed by atoms with Gasteiger partial charge in [0, 0.05) is 18.6 Å². The number of rotatable bonds is 2. The molecular weight excluding hydrogens is 359 g/mol. The molecule has 1 aromatic heterocycles. The van der Waals surface area contributed by atoms with Crippen LogP contribution in [-0.2, 0) is 0 Å². The highest BCUT2D eigenvalue weighted by molar-refractivity contribution is 6.43. The van der Waals surface area contributed by atoms with E-state index in [-0.39, 0.29) is 11.1 Å². The van der Waals surface area contributed by atoms with Crippen LogP contribution in [0.4, 0.5) is 5.82 Å². The SMILES string of the molecule is Cc1c(N2CCC(C)(N)CC2)nc(C)n(-c2cccc(Cl)c2Cl)c1=O. The smallest absolute Gasteiger partial charge is 0.263 e. The Bertz CT molecular complexity index is 866. The van der Waals surface area contributed by atoms with E-state index in [1.54, 1.807) is 32.0 Å². The molecule has 0 aliphatic carbocycles. The van der Waals surface area contributed by atoms with E-state index in [1.807, 2.05) is 0 Å². The van der Waals surface area contributed by atoms with Crippen molar-refractivity contribution in [2.45, 2.75) is 39.2 Å². The summed E-state index contributed by atoms with van der Waals surface area (Å²) in [5.41, 5.74) is 7.07. The van der Waals surface area contributed by atoms with Crippen molar-refractivity contribution in [1.29, 1.82) is 0 Å². The highest BCUT2D eigenvalue weighted by Gasteiger charge is 2.28. The number of piperidine rings is 1. The molecule has 0 spiro atoms. The first-order valence-corrected chi connectivity index (χ1v) is 9.05. The number of nitrogens with zero attached hydrogens (tertiary/aromatic N) is 3. The largest absolute Gasteiger partial charge is 0.356 e. The van der Waals surface area contributed by atoms with E-state index in [0.717, 1.165) is 31.7 Å². The molecule has 0 unspecified atom stereocenters. The molecule has 1 aromatic carbocycles. The molecule has 2 heterocycles. The van der Waals surface area contributed by atoms with Crippen LogP contribution in [0.2, 0.25) is 10.0 Å². The normalized spacial score (nSPS) is 17.0. The van der Waals surface area contributed by atoms with Crippen molar-refractivity contribution in [3.05, 3.63) is 50.0 Å². The van der Waals surface area contributed by atoms with Crippen molar-refractivity contribution in [3.63, 3.8) is 0 Å². The van der Waals surface area contributed by atoms with Gasteiger partial charge in [-0.25, -0.2) is 4.98 Å². The van der Waals surface area contributed by atoms with E-state index in [0.29, 0.717) is 27.1 Å². The highest BCUT2D eigenvalue weighted by atomic mass is 35.5. The number of anilines is 1. The monoisotopic (exact) mass is 380 g/mol. The molecule has 1 aliphatic rings. The van der Waals surface area contributed by atoms with Crippen LogP contribution >= 0.6 is 23.2 Å². The van der Waals surface area contributed by atoms with Crippen LogP contribution in [-0.4, -0.2) is 28.2 Å². The topological polar surface area (TPSA) is 64.2 Å². The number of aryl methyl sites for hydroxylation is 1. The first-order valence-electron chi connectivity index (χ1n) is 8.30. The minimum absolute atomic E-state index is 0.132. The summed E-state index contributed by atoms with van der Waals surface area (Å²) < 4.78 is 1.52. The third kappa shape index (κ3) is 3.41. The van der Waals surface area contributed by atoms with Crippen LogP contribution in [0.3, 0.4) is 0 Å². The minimum atomic E-state index is -0.150. The molecule has 25 heavy (non-hydrogen) atoms. The Hall–Kier alpha value is -1.56. The predicted molar refractivity (Wildman–Crippen MR) is 103 cm³/mol. The van der Waals surface area contributed by atoms with Gasteiger partial charge in [-0.3, -0.25) is 9.36 Å². The van der Waals surface area contributed by atoms with Crippen LogP contribution in [0.1, 0.15) is 31.2 Å². The van der Waals surface area contributed by atoms with E-state index >= 15 is 0 Å². The van der Waals surface area contributed by atoms with Crippen molar-refractivity contribution in [1.82, 2.24) is 9.55 Å². The Morgan fingerprint density at radius 2 is 1.84 bits per heavy atom. The molecule has 0 atom stereocenters. The van der Waals surface area contributed by atoms with Crippen LogP contribution < -0.4 is 16.2 Å². The molecule has 134 valence electrons. The standard InChI is InChI=1S/C18H22Cl2N4O/c1-11-16(23-9-7-18(3,21)8-10-23)22-12(2)24(17(11)25)14-6-4-5-13(19)15(14)20/h4-6H,7-10,21H2,1-3H3. The van der Waals surface area contributed by atoms with Crippen molar-refractivity contribution >= 4 is 29.0 Å². The lowest BCUT2D eigenvalue weighted by Gasteiger charge is -2.38. The zero-order valence-corrected chi connectivity index (χ0v) is 16.2. The maximum atomic E-state index is 13.0. The number of aromatic nitrogens is 2. The molecular formula is C18H22Cl2N4O. The fourth-order valence-electron chi connectivity index (χ4n) is 3.18. The average Bonchev–Trinajstić information content (AvgIpc) is 2.55. The molecule has 2 N–H and O–H groups in total. The van der Waals surface area contributed by atoms with Crippen molar-refractivity contribution in [2.75, 3.05) is 18.0 Å². The van der Waals surface area contributed by atoms with Gasteiger partial charge in [-0.1, -0.05) is 29.3 Å². The van der Waals surface area contributed by atoms with Gasteiger partial charge < -0.3 is 10.6 Å². The van der Waals surface area contributed by atoms with Crippen LogP contribution in [0.5, 0.6) is 0 Å². The number of nitrogens with two attached hydrogens (primary N) is 1. The fourth-order valence-corrected chi connectivity index (χ4v) is 3.56. The van der Waals surface area contributed by atoms with Gasteiger partial charge in [0.25, 0.3) is 5.56 Å². The van der Waals surface area contributed by atoms with Crippen molar-refractivity contribution in [3.8, 4) is 5.69 Å². The Morgan fingerprint density at radius 3 is 2.48 bits per heavy atom. The second-order valence-electron chi connectivity index (χ2n) is 6.96. The summed E-state index contributed by atoms with van der Waals surface area (Å²) in [6.07, 6.45) is 1.74. The highest BCUT2D eigenvalue weighted by Crippen LogP contribution is 2.29. The summed E-state index contributed by atoms with van der Waals surface area (Å²) in [6, 6.07) is 5.23. The fraction of sp³-hybridized carbons (Fsp3) is 0.444. The van der Waals surface area contributed by atoms with Gasteiger partial charge in [0.05, 0.1) is 21.3 Å². The maximum Gasteiger partial charge on any atom is 0.263 e. The lowest BCUT2D eigenvalue weighted by molar-refractivity contribution is 0.362. The Kier molecular flexibility index (Phi) is 4.84. The van der Waals surface area contributed by atoms with Crippen LogP contribution in [0, 0.1) is 13.8 Å². The zero-order valence-electron chi connectivity index (χ0n) is 14.6. The first-order chi connectivity index (χ1) is 11.7. The van der Waals surface area contributed by atoms with Crippen LogP contribution in [0.15, 0.2) is 23.0 Å². The van der Waals surface area contributed by atoms with E-state index < -0.39 is 0 Å². The molecule has 1 aliphatic heterocycles. The molecule has 2 aromatic rings. The molecule has 5 nitrogen and oxygen atoms in total. The number of hydrogen-bond acceptors (Lipinski definition) is 4. The van der Waals surface area contributed by atoms with E-state index in [4.69, 9.17) is 33.9 Å². The molecule has 1 saturated heterocycles. The molecule has 0 radical (unpaired) electrons. The van der Waals surface area contributed by atoms with E-state index in [1.165, 1.54) is 4.57 Å². The molecule has 0 amide bonds. The molecule has 1 fully saturated rings. The Morgan fingerprint density at radius 1 is 1.20 bits per heavy atom. The first kappa shape index (κ1) is 18.2. The summed E-state index contributed by atoms with van der Waals surface area (Å²) in [7, 11) is 0.